The predicted molar refractivity (Wildman–Crippen MR) is 75.2 cm³/mol. The highest BCUT2D eigenvalue weighted by Gasteiger charge is 2.17. The van der Waals surface area contributed by atoms with E-state index >= 15 is 0 Å². The lowest BCUT2D eigenvalue weighted by molar-refractivity contribution is 0.0987. The largest absolute Gasteiger partial charge is 0.495 e. The van der Waals surface area contributed by atoms with Crippen molar-refractivity contribution in [3.63, 3.8) is 0 Å². The van der Waals surface area contributed by atoms with E-state index in [1.165, 1.54) is 31.4 Å². The van der Waals surface area contributed by atoms with E-state index in [-0.39, 0.29) is 22.1 Å². The zero-order chi connectivity index (χ0) is 15.6. The van der Waals surface area contributed by atoms with E-state index in [1.807, 2.05) is 0 Å². The third-order valence-electron chi connectivity index (χ3n) is 2.55. The number of halogens is 1. The van der Waals surface area contributed by atoms with Crippen LogP contribution in [0.1, 0.15) is 16.2 Å². The summed E-state index contributed by atoms with van der Waals surface area (Å²) >= 11 is 0. The predicted octanol–water partition coefficient (Wildman–Crippen LogP) is 2.17. The number of hydrogen-bond acceptors (Lipinski definition) is 6. The molecule has 7 nitrogen and oxygen atoms in total. The molecular formula is C12H11ClN2O5S. The second-order valence-corrected chi connectivity index (χ2v) is 6.65. The molecule has 0 bridgehead atoms. The number of methoxy groups -OCH3 is 1. The first-order chi connectivity index (χ1) is 9.81. The van der Waals surface area contributed by atoms with Crippen molar-refractivity contribution in [2.75, 3.05) is 12.4 Å². The number of amides is 1. The van der Waals surface area contributed by atoms with Gasteiger partial charge in [-0.3, -0.25) is 4.79 Å². The molecule has 1 N–H and O–H groups in total. The average Bonchev–Trinajstić information content (AvgIpc) is 2.84. The summed E-state index contributed by atoms with van der Waals surface area (Å²) in [5, 5.41) is 6.08. The van der Waals surface area contributed by atoms with Crippen LogP contribution in [0.5, 0.6) is 5.75 Å². The first-order valence-electron chi connectivity index (χ1n) is 5.68. The highest BCUT2D eigenvalue weighted by atomic mass is 35.7. The van der Waals surface area contributed by atoms with Crippen LogP contribution in [0.25, 0.3) is 0 Å². The Labute approximate surface area is 125 Å². The van der Waals surface area contributed by atoms with Gasteiger partial charge >= 0.3 is 0 Å². The van der Waals surface area contributed by atoms with Crippen LogP contribution >= 0.6 is 10.7 Å². The molecule has 1 amide bonds. The smallest absolute Gasteiger partial charge is 0.294 e. The van der Waals surface area contributed by atoms with Crippen molar-refractivity contribution in [3.8, 4) is 5.75 Å². The second kappa shape index (κ2) is 5.74. The molecule has 2 aromatic rings. The summed E-state index contributed by atoms with van der Waals surface area (Å²) in [6, 6.07) is 5.30. The van der Waals surface area contributed by atoms with Gasteiger partial charge in [-0.2, -0.15) is 0 Å². The number of anilines is 1. The van der Waals surface area contributed by atoms with Crippen molar-refractivity contribution in [1.29, 1.82) is 0 Å². The number of carbonyl (C=O) groups excluding carboxylic acids is 1. The minimum atomic E-state index is -3.92. The van der Waals surface area contributed by atoms with Gasteiger partial charge < -0.3 is 14.6 Å². The molecule has 1 aromatic carbocycles. The molecule has 0 spiro atoms. The lowest BCUT2D eigenvalue weighted by Crippen LogP contribution is -2.12. The zero-order valence-electron chi connectivity index (χ0n) is 11.1. The van der Waals surface area contributed by atoms with Gasteiger partial charge in [0.25, 0.3) is 15.0 Å². The van der Waals surface area contributed by atoms with Crippen molar-refractivity contribution < 1.29 is 22.5 Å². The summed E-state index contributed by atoms with van der Waals surface area (Å²) in [6.07, 6.45) is 0. The molecule has 0 saturated carbocycles. The Bertz CT molecular complexity index is 785. The topological polar surface area (TPSA) is 98.5 Å². The Hall–Kier alpha value is -2.06. The summed E-state index contributed by atoms with van der Waals surface area (Å²) in [6.45, 7) is 1.67. The molecule has 0 radical (unpaired) electrons. The minimum Gasteiger partial charge on any atom is -0.495 e. The first-order valence-corrected chi connectivity index (χ1v) is 7.99. The van der Waals surface area contributed by atoms with Gasteiger partial charge in [0, 0.05) is 16.7 Å². The highest BCUT2D eigenvalue weighted by Crippen LogP contribution is 2.29. The first kappa shape index (κ1) is 15.3. The number of carbonyl (C=O) groups is 1. The van der Waals surface area contributed by atoms with Crippen molar-refractivity contribution in [2.24, 2.45) is 0 Å². The number of aryl methyl sites for hydroxylation is 1. The number of aromatic nitrogens is 1. The Balaban J connectivity index is 2.36. The van der Waals surface area contributed by atoms with E-state index in [9.17, 15) is 13.2 Å². The lowest BCUT2D eigenvalue weighted by atomic mass is 10.2. The molecule has 21 heavy (non-hydrogen) atoms. The second-order valence-electron chi connectivity index (χ2n) is 4.09. The molecular weight excluding hydrogens is 320 g/mol. The van der Waals surface area contributed by atoms with Crippen molar-refractivity contribution in [3.05, 3.63) is 35.7 Å². The van der Waals surface area contributed by atoms with E-state index in [1.54, 1.807) is 6.92 Å². The summed E-state index contributed by atoms with van der Waals surface area (Å²) in [4.78, 5) is 11.8. The molecule has 2 rings (SSSR count). The van der Waals surface area contributed by atoms with E-state index in [4.69, 9.17) is 19.9 Å². The van der Waals surface area contributed by atoms with Crippen LogP contribution in [0.3, 0.4) is 0 Å². The fraction of sp³-hybridized carbons (Fsp3) is 0.167. The molecule has 1 heterocycles. The standard InChI is InChI=1S/C12H11ClN2O5S/c1-7-5-11(20-15-7)12(16)14-9-6-8(21(13,17)18)3-4-10(9)19-2/h3-6H,1-2H3,(H,14,16). The molecule has 0 fully saturated rings. The van der Waals surface area contributed by atoms with Gasteiger partial charge in [0.05, 0.1) is 23.4 Å². The van der Waals surface area contributed by atoms with E-state index in [0.717, 1.165) is 0 Å². The zero-order valence-corrected chi connectivity index (χ0v) is 12.7. The van der Waals surface area contributed by atoms with Crippen molar-refractivity contribution >= 4 is 31.3 Å². The molecule has 112 valence electrons. The summed E-state index contributed by atoms with van der Waals surface area (Å²) in [5.41, 5.74) is 0.697. The highest BCUT2D eigenvalue weighted by molar-refractivity contribution is 8.13. The van der Waals surface area contributed by atoms with Crippen molar-refractivity contribution in [2.45, 2.75) is 11.8 Å². The third-order valence-corrected chi connectivity index (χ3v) is 3.90. The fourth-order valence-electron chi connectivity index (χ4n) is 1.59. The quantitative estimate of drug-likeness (QED) is 0.863. The van der Waals surface area contributed by atoms with E-state index in [0.29, 0.717) is 5.69 Å². The lowest BCUT2D eigenvalue weighted by Gasteiger charge is -2.10. The van der Waals surface area contributed by atoms with Crippen LogP contribution < -0.4 is 10.1 Å². The van der Waals surface area contributed by atoms with Gasteiger partial charge in [0.1, 0.15) is 5.75 Å². The number of rotatable bonds is 4. The Morgan fingerprint density at radius 1 is 1.38 bits per heavy atom. The number of benzene rings is 1. The van der Waals surface area contributed by atoms with Gasteiger partial charge in [0.2, 0.25) is 5.76 Å². The van der Waals surface area contributed by atoms with Gasteiger partial charge in [0.15, 0.2) is 0 Å². The number of nitrogens with one attached hydrogen (secondary N) is 1. The summed E-state index contributed by atoms with van der Waals surface area (Å²) in [7, 11) is 2.74. The van der Waals surface area contributed by atoms with Crippen LogP contribution in [0.2, 0.25) is 0 Å². The van der Waals surface area contributed by atoms with Crippen LogP contribution in [-0.2, 0) is 9.05 Å². The number of hydrogen-bond donors (Lipinski definition) is 1. The molecule has 0 aliphatic rings. The molecule has 0 saturated heterocycles. The monoisotopic (exact) mass is 330 g/mol. The Morgan fingerprint density at radius 3 is 2.62 bits per heavy atom. The van der Waals surface area contributed by atoms with E-state index in [2.05, 4.69) is 10.5 Å². The Kier molecular flexibility index (Phi) is 4.19. The minimum absolute atomic E-state index is 0.00585. The molecule has 9 heteroatoms. The molecule has 1 aromatic heterocycles. The normalized spacial score (nSPS) is 11.2. The van der Waals surface area contributed by atoms with Crippen molar-refractivity contribution in [1.82, 2.24) is 5.16 Å². The summed E-state index contributed by atoms with van der Waals surface area (Å²) in [5.74, 6) is -0.310. The average molecular weight is 331 g/mol. The molecule has 0 aliphatic heterocycles. The van der Waals surface area contributed by atoms with Gasteiger partial charge in [-0.1, -0.05) is 5.16 Å². The maximum Gasteiger partial charge on any atom is 0.294 e. The maximum atomic E-state index is 12.0. The van der Waals surface area contributed by atoms with Crippen LogP contribution in [0.15, 0.2) is 33.7 Å². The Morgan fingerprint density at radius 2 is 2.10 bits per heavy atom. The number of ether oxygens (including phenoxy) is 1. The van der Waals surface area contributed by atoms with Gasteiger partial charge in [-0.25, -0.2) is 8.42 Å². The molecule has 0 atom stereocenters. The van der Waals surface area contributed by atoms with Crippen LogP contribution in [-0.4, -0.2) is 26.6 Å². The van der Waals surface area contributed by atoms with Crippen LogP contribution in [0.4, 0.5) is 5.69 Å². The third kappa shape index (κ3) is 3.53. The maximum absolute atomic E-state index is 12.0. The molecule has 0 unspecified atom stereocenters. The van der Waals surface area contributed by atoms with Crippen LogP contribution in [0, 0.1) is 6.92 Å². The van der Waals surface area contributed by atoms with Gasteiger partial charge in [-0.15, -0.1) is 0 Å². The molecule has 0 aliphatic carbocycles. The summed E-state index contributed by atoms with van der Waals surface area (Å²) < 4.78 is 32.5. The van der Waals surface area contributed by atoms with Gasteiger partial charge in [-0.05, 0) is 25.1 Å². The number of nitrogens with zero attached hydrogens (tertiary/aromatic N) is 1. The SMILES string of the molecule is COc1ccc(S(=O)(=O)Cl)cc1NC(=O)c1cc(C)no1. The van der Waals surface area contributed by atoms with E-state index < -0.39 is 15.0 Å². The fourth-order valence-corrected chi connectivity index (χ4v) is 2.37.